The molecule has 1 spiro atoms. The Kier molecular flexibility index (Phi) is 3.08. The van der Waals surface area contributed by atoms with E-state index >= 15 is 0 Å². The molecule has 5 rings (SSSR count). The third-order valence-corrected chi connectivity index (χ3v) is 9.07. The molecule has 6 atom stereocenters. The largest absolute Gasteiger partial charge is 0.465 e. The minimum atomic E-state index is -0.210. The fraction of sp³-hybridized carbons (Fsp3) is 0.727. The van der Waals surface area contributed by atoms with Crippen LogP contribution in [-0.4, -0.2) is 18.4 Å². The van der Waals surface area contributed by atoms with Gasteiger partial charge in [-0.05, 0) is 80.3 Å². The summed E-state index contributed by atoms with van der Waals surface area (Å²) in [6, 6.07) is 0. The Bertz CT molecular complexity index is 719. The predicted molar refractivity (Wildman–Crippen MR) is 94.6 cm³/mol. The highest BCUT2D eigenvalue weighted by Crippen LogP contribution is 2.71. The number of hydrogen-bond donors (Lipinski definition) is 0. The van der Waals surface area contributed by atoms with Crippen LogP contribution in [0.15, 0.2) is 23.8 Å². The fourth-order valence-corrected chi connectivity index (χ4v) is 7.64. The van der Waals surface area contributed by atoms with Gasteiger partial charge >= 0.3 is 5.97 Å². The van der Waals surface area contributed by atoms with Crippen molar-refractivity contribution in [1.29, 1.82) is 0 Å². The van der Waals surface area contributed by atoms with Crippen molar-refractivity contribution in [2.75, 3.05) is 6.61 Å². The molecule has 4 aliphatic carbocycles. The smallest absolute Gasteiger partial charge is 0.312 e. The second-order valence-corrected chi connectivity index (χ2v) is 9.57. The van der Waals surface area contributed by atoms with Gasteiger partial charge in [-0.15, -0.1) is 0 Å². The normalized spacial score (nSPS) is 51.0. The molecule has 3 heteroatoms. The van der Waals surface area contributed by atoms with Crippen molar-refractivity contribution in [2.24, 2.45) is 34.0 Å². The Hall–Kier alpha value is -1.38. The summed E-state index contributed by atoms with van der Waals surface area (Å²) in [6.07, 6.45) is 13.5. The van der Waals surface area contributed by atoms with Gasteiger partial charge in [-0.3, -0.25) is 9.59 Å². The number of allylic oxidation sites excluding steroid dienone is 4. The minimum absolute atomic E-state index is 0.0457. The lowest BCUT2D eigenvalue weighted by molar-refractivity contribution is -0.156. The summed E-state index contributed by atoms with van der Waals surface area (Å²) in [5.41, 5.74) is 1.29. The van der Waals surface area contributed by atoms with Crippen LogP contribution in [0.2, 0.25) is 0 Å². The highest BCUT2D eigenvalue weighted by atomic mass is 16.5. The molecule has 0 aromatic rings. The zero-order chi connectivity index (χ0) is 17.4. The second-order valence-electron chi connectivity index (χ2n) is 9.57. The van der Waals surface area contributed by atoms with E-state index in [2.05, 4.69) is 19.9 Å². The number of ether oxygens (including phenoxy) is 1. The number of cyclic esters (lactones) is 1. The van der Waals surface area contributed by atoms with Crippen molar-refractivity contribution in [1.82, 2.24) is 0 Å². The molecule has 1 saturated heterocycles. The van der Waals surface area contributed by atoms with Crippen molar-refractivity contribution < 1.29 is 14.3 Å². The van der Waals surface area contributed by atoms with E-state index in [0.29, 0.717) is 24.4 Å². The van der Waals surface area contributed by atoms with E-state index in [1.165, 1.54) is 24.8 Å². The van der Waals surface area contributed by atoms with Gasteiger partial charge in [0.2, 0.25) is 0 Å². The molecular weight excluding hydrogens is 312 g/mol. The van der Waals surface area contributed by atoms with Crippen LogP contribution in [0.25, 0.3) is 0 Å². The van der Waals surface area contributed by atoms with E-state index in [-0.39, 0.29) is 28.0 Å². The van der Waals surface area contributed by atoms with E-state index in [1.807, 2.05) is 6.08 Å². The van der Waals surface area contributed by atoms with Crippen LogP contribution >= 0.6 is 0 Å². The quantitative estimate of drug-likeness (QED) is 0.620. The highest BCUT2D eigenvalue weighted by molar-refractivity contribution is 6.01. The van der Waals surface area contributed by atoms with Crippen molar-refractivity contribution in [3.05, 3.63) is 23.8 Å². The molecule has 0 radical (unpaired) electrons. The molecule has 0 aromatic carbocycles. The van der Waals surface area contributed by atoms with Gasteiger partial charge in [-0.25, -0.2) is 0 Å². The number of rotatable bonds is 0. The minimum Gasteiger partial charge on any atom is -0.465 e. The number of carbonyl (C=O) groups is 2. The van der Waals surface area contributed by atoms with E-state index in [1.54, 1.807) is 6.08 Å². The number of hydrogen-bond acceptors (Lipinski definition) is 3. The molecule has 0 amide bonds. The third-order valence-electron chi connectivity index (χ3n) is 9.07. The molecule has 0 bridgehead atoms. The molecule has 4 fully saturated rings. The Labute approximate surface area is 149 Å². The van der Waals surface area contributed by atoms with Crippen LogP contribution in [0, 0.1) is 34.0 Å². The van der Waals surface area contributed by atoms with Gasteiger partial charge in [-0.2, -0.15) is 0 Å². The Morgan fingerprint density at radius 3 is 2.60 bits per heavy atom. The van der Waals surface area contributed by atoms with Gasteiger partial charge in [0.15, 0.2) is 5.78 Å². The molecule has 0 aromatic heterocycles. The number of esters is 1. The van der Waals surface area contributed by atoms with E-state index in [0.717, 1.165) is 25.7 Å². The monoisotopic (exact) mass is 340 g/mol. The molecule has 1 heterocycles. The lowest BCUT2D eigenvalue weighted by Gasteiger charge is -2.58. The Morgan fingerprint density at radius 2 is 1.84 bits per heavy atom. The van der Waals surface area contributed by atoms with Crippen LogP contribution in [-0.2, 0) is 14.3 Å². The zero-order valence-corrected chi connectivity index (χ0v) is 15.3. The molecule has 5 aliphatic rings. The van der Waals surface area contributed by atoms with Gasteiger partial charge < -0.3 is 4.74 Å². The van der Waals surface area contributed by atoms with Crippen LogP contribution < -0.4 is 0 Å². The van der Waals surface area contributed by atoms with Gasteiger partial charge in [-0.1, -0.05) is 25.5 Å². The molecular formula is C22H28O3. The van der Waals surface area contributed by atoms with Gasteiger partial charge in [0.1, 0.15) is 0 Å². The molecule has 3 nitrogen and oxygen atoms in total. The van der Waals surface area contributed by atoms with Gasteiger partial charge in [0, 0.05) is 5.41 Å². The Morgan fingerprint density at radius 1 is 1.04 bits per heavy atom. The molecule has 0 N–H and O–H groups in total. The lowest BCUT2D eigenvalue weighted by atomic mass is 9.46. The third kappa shape index (κ3) is 1.77. The maximum atomic E-state index is 12.7. The first-order chi connectivity index (χ1) is 11.9. The topological polar surface area (TPSA) is 43.4 Å². The van der Waals surface area contributed by atoms with E-state index < -0.39 is 0 Å². The molecule has 134 valence electrons. The summed E-state index contributed by atoms with van der Waals surface area (Å²) in [6.45, 7) is 5.35. The molecule has 0 unspecified atom stereocenters. The summed E-state index contributed by atoms with van der Waals surface area (Å²) in [4.78, 5) is 24.5. The summed E-state index contributed by atoms with van der Waals surface area (Å²) in [7, 11) is 0. The lowest BCUT2D eigenvalue weighted by Crippen LogP contribution is -2.53. The van der Waals surface area contributed by atoms with Gasteiger partial charge in [0.25, 0.3) is 0 Å². The van der Waals surface area contributed by atoms with Crippen LogP contribution in [0.1, 0.15) is 58.8 Å². The maximum absolute atomic E-state index is 12.7. The number of fused-ring (bicyclic) bond motifs is 6. The van der Waals surface area contributed by atoms with Crippen molar-refractivity contribution >= 4 is 11.8 Å². The summed E-state index contributed by atoms with van der Waals surface area (Å²) in [5.74, 6) is 2.15. The zero-order valence-electron chi connectivity index (χ0n) is 15.3. The first-order valence-electron chi connectivity index (χ1n) is 10.0. The highest BCUT2D eigenvalue weighted by Gasteiger charge is 2.68. The Balaban J connectivity index is 1.52. The maximum Gasteiger partial charge on any atom is 0.312 e. The molecule has 3 saturated carbocycles. The van der Waals surface area contributed by atoms with Crippen LogP contribution in [0.4, 0.5) is 0 Å². The SMILES string of the molecule is C[C@]12C=CC(=O)C=C1CC[C@@H]1[C@@H]2CC[C@@]2(C)[C@H]1CC[C@]21CCOC1=O. The van der Waals surface area contributed by atoms with Crippen molar-refractivity contribution in [3.8, 4) is 0 Å². The number of carbonyl (C=O) groups excluding carboxylic acids is 2. The average Bonchev–Trinajstić information content (AvgIpc) is 3.10. The van der Waals surface area contributed by atoms with E-state index in [9.17, 15) is 9.59 Å². The van der Waals surface area contributed by atoms with Crippen LogP contribution in [0.3, 0.4) is 0 Å². The first kappa shape index (κ1) is 15.8. The van der Waals surface area contributed by atoms with E-state index in [4.69, 9.17) is 4.74 Å². The second kappa shape index (κ2) is 4.86. The standard InChI is InChI=1S/C22H28O3/c1-20-8-5-15(23)13-14(20)3-4-16-17(20)6-9-21(2)18(16)7-10-22(21)11-12-25-19(22)24/h5,8,13,16-18H,3-4,6-7,9-12H2,1-2H3/t16-,17+,18+,20+,21+,22-/m1/s1. The molecule has 25 heavy (non-hydrogen) atoms. The first-order valence-corrected chi connectivity index (χ1v) is 10.0. The molecule has 1 aliphatic heterocycles. The average molecular weight is 340 g/mol. The summed E-state index contributed by atoms with van der Waals surface area (Å²) < 4.78 is 5.46. The van der Waals surface area contributed by atoms with Crippen molar-refractivity contribution in [3.63, 3.8) is 0 Å². The number of ketones is 1. The van der Waals surface area contributed by atoms with Crippen LogP contribution in [0.5, 0.6) is 0 Å². The summed E-state index contributed by atoms with van der Waals surface area (Å²) >= 11 is 0. The summed E-state index contributed by atoms with van der Waals surface area (Å²) in [5, 5.41) is 0. The predicted octanol–water partition coefficient (Wildman–Crippen LogP) is 4.23. The van der Waals surface area contributed by atoms with Crippen molar-refractivity contribution in [2.45, 2.75) is 58.8 Å². The fourth-order valence-electron chi connectivity index (χ4n) is 7.64. The van der Waals surface area contributed by atoms with Gasteiger partial charge in [0.05, 0.1) is 12.0 Å².